The molecule has 4 nitrogen and oxygen atoms in total. The first-order valence-electron chi connectivity index (χ1n) is 5.74. The van der Waals surface area contributed by atoms with E-state index in [1.165, 1.54) is 7.05 Å². The zero-order valence-corrected chi connectivity index (χ0v) is 11.4. The van der Waals surface area contributed by atoms with E-state index in [1.807, 2.05) is 13.8 Å². The fourth-order valence-electron chi connectivity index (χ4n) is 1.29. The van der Waals surface area contributed by atoms with Gasteiger partial charge >= 0.3 is 6.18 Å². The Morgan fingerprint density at radius 2 is 1.79 bits per heavy atom. The Morgan fingerprint density at radius 1 is 1.21 bits per heavy atom. The molecule has 0 aliphatic carbocycles. The van der Waals surface area contributed by atoms with Crippen molar-refractivity contribution in [3.63, 3.8) is 0 Å². The van der Waals surface area contributed by atoms with E-state index in [2.05, 4.69) is 15.6 Å². The Kier molecular flexibility index (Phi) is 4.62. The van der Waals surface area contributed by atoms with Gasteiger partial charge < -0.3 is 15.4 Å². The van der Waals surface area contributed by atoms with Gasteiger partial charge in [0.2, 0.25) is 0 Å². The molecule has 0 aliphatic heterocycles. The summed E-state index contributed by atoms with van der Waals surface area (Å²) in [6.45, 7) is 4.00. The van der Waals surface area contributed by atoms with Gasteiger partial charge in [0, 0.05) is 20.7 Å². The molecule has 0 saturated carbocycles. The van der Waals surface area contributed by atoms with Crippen LogP contribution in [0, 0.1) is 0 Å². The molecule has 0 spiro atoms. The highest BCUT2D eigenvalue weighted by atomic mass is 19.4. The van der Waals surface area contributed by atoms with Crippen LogP contribution in [0.15, 0.2) is 12.1 Å². The fourth-order valence-corrected chi connectivity index (χ4v) is 1.29. The second kappa shape index (κ2) is 5.64. The molecular weight excluding hydrogens is 259 g/mol. The van der Waals surface area contributed by atoms with Crippen molar-refractivity contribution in [3.8, 4) is 0 Å². The molecule has 108 valence electrons. The highest BCUT2D eigenvalue weighted by Crippen LogP contribution is 2.32. The zero-order valence-electron chi connectivity index (χ0n) is 11.4. The first kappa shape index (κ1) is 15.6. The van der Waals surface area contributed by atoms with E-state index in [-0.39, 0.29) is 11.6 Å². The van der Waals surface area contributed by atoms with Crippen molar-refractivity contribution in [1.82, 2.24) is 4.98 Å². The van der Waals surface area contributed by atoms with Crippen molar-refractivity contribution in [2.45, 2.75) is 25.6 Å². The number of methoxy groups -OCH3 is 1. The number of pyridine rings is 1. The smallest absolute Gasteiger partial charge is 0.377 e. The number of anilines is 2. The first-order valence-corrected chi connectivity index (χ1v) is 5.74. The Morgan fingerprint density at radius 3 is 2.26 bits per heavy atom. The third-order valence-corrected chi connectivity index (χ3v) is 2.66. The van der Waals surface area contributed by atoms with Crippen molar-refractivity contribution < 1.29 is 17.9 Å². The van der Waals surface area contributed by atoms with Gasteiger partial charge in [-0.05, 0) is 26.0 Å². The van der Waals surface area contributed by atoms with E-state index in [9.17, 15) is 13.2 Å². The monoisotopic (exact) mass is 277 g/mol. The molecule has 7 heteroatoms. The van der Waals surface area contributed by atoms with Gasteiger partial charge in [0.05, 0.1) is 11.2 Å². The lowest BCUT2D eigenvalue weighted by molar-refractivity contribution is -0.137. The minimum Gasteiger partial charge on any atom is -0.377 e. The summed E-state index contributed by atoms with van der Waals surface area (Å²) < 4.78 is 43.3. The molecule has 0 aromatic carbocycles. The Hall–Kier alpha value is -1.50. The van der Waals surface area contributed by atoms with Gasteiger partial charge in [-0.3, -0.25) is 0 Å². The molecule has 0 saturated heterocycles. The lowest BCUT2D eigenvalue weighted by atomic mass is 10.1. The van der Waals surface area contributed by atoms with Gasteiger partial charge in [-0.2, -0.15) is 13.2 Å². The number of halogens is 3. The van der Waals surface area contributed by atoms with Crippen molar-refractivity contribution >= 4 is 11.6 Å². The minimum absolute atomic E-state index is 0.157. The number of hydrogen-bond donors (Lipinski definition) is 2. The summed E-state index contributed by atoms with van der Waals surface area (Å²) >= 11 is 0. The topological polar surface area (TPSA) is 46.2 Å². The maximum atomic E-state index is 12.7. The predicted molar refractivity (Wildman–Crippen MR) is 68.4 cm³/mol. The third kappa shape index (κ3) is 4.59. The largest absolute Gasteiger partial charge is 0.416 e. The second-order valence-corrected chi connectivity index (χ2v) is 4.69. The molecule has 0 aliphatic rings. The van der Waals surface area contributed by atoms with Gasteiger partial charge in [0.25, 0.3) is 0 Å². The van der Waals surface area contributed by atoms with Crippen LogP contribution in [0.2, 0.25) is 0 Å². The zero-order chi connectivity index (χ0) is 14.7. The van der Waals surface area contributed by atoms with Crippen LogP contribution in [0.4, 0.5) is 24.8 Å². The summed E-state index contributed by atoms with van der Waals surface area (Å²) in [5.41, 5.74) is -1.24. The van der Waals surface area contributed by atoms with Crippen molar-refractivity contribution in [2.75, 3.05) is 31.3 Å². The highest BCUT2D eigenvalue weighted by Gasteiger charge is 2.31. The fraction of sp³-hybridized carbons (Fsp3) is 0.583. The van der Waals surface area contributed by atoms with Crippen LogP contribution in [0.1, 0.15) is 19.4 Å². The average Bonchev–Trinajstić information content (AvgIpc) is 2.35. The summed E-state index contributed by atoms with van der Waals surface area (Å²) in [5, 5.41) is 5.46. The van der Waals surface area contributed by atoms with Crippen LogP contribution in [-0.2, 0) is 10.9 Å². The maximum absolute atomic E-state index is 12.7. The highest BCUT2D eigenvalue weighted by molar-refractivity contribution is 5.49. The van der Waals surface area contributed by atoms with Gasteiger partial charge in [-0.25, -0.2) is 4.98 Å². The quantitative estimate of drug-likeness (QED) is 0.868. The molecule has 0 amide bonds. The maximum Gasteiger partial charge on any atom is 0.416 e. The molecule has 0 atom stereocenters. The Bertz CT molecular complexity index is 433. The van der Waals surface area contributed by atoms with Gasteiger partial charge in [0.15, 0.2) is 0 Å². The molecule has 19 heavy (non-hydrogen) atoms. The van der Waals surface area contributed by atoms with Crippen LogP contribution in [0.5, 0.6) is 0 Å². The third-order valence-electron chi connectivity index (χ3n) is 2.66. The van der Waals surface area contributed by atoms with Gasteiger partial charge in [-0.15, -0.1) is 0 Å². The van der Waals surface area contributed by atoms with Crippen molar-refractivity contribution in [1.29, 1.82) is 0 Å². The van der Waals surface area contributed by atoms with E-state index in [1.54, 1.807) is 7.11 Å². The summed E-state index contributed by atoms with van der Waals surface area (Å²) in [6.07, 6.45) is -4.40. The van der Waals surface area contributed by atoms with E-state index >= 15 is 0 Å². The van der Waals surface area contributed by atoms with E-state index < -0.39 is 17.3 Å². The molecular formula is C12H18F3N3O. The van der Waals surface area contributed by atoms with Gasteiger partial charge in [-0.1, -0.05) is 0 Å². The van der Waals surface area contributed by atoms with Gasteiger partial charge in [0.1, 0.15) is 11.6 Å². The van der Waals surface area contributed by atoms with Crippen LogP contribution in [-0.4, -0.2) is 31.3 Å². The lowest BCUT2D eigenvalue weighted by Gasteiger charge is -2.23. The number of rotatable bonds is 5. The Labute approximate surface area is 110 Å². The number of nitrogens with one attached hydrogen (secondary N) is 2. The molecule has 0 radical (unpaired) electrons. The predicted octanol–water partition coefficient (Wildman–Crippen LogP) is 2.98. The number of nitrogens with zero attached hydrogens (tertiary/aromatic N) is 1. The average molecular weight is 277 g/mol. The number of aromatic nitrogens is 1. The summed E-state index contributed by atoms with van der Waals surface area (Å²) in [4.78, 5) is 4.02. The summed E-state index contributed by atoms with van der Waals surface area (Å²) in [7, 11) is 3.06. The van der Waals surface area contributed by atoms with Crippen LogP contribution in [0.25, 0.3) is 0 Å². The standard InChI is InChI=1S/C12H18F3N3O/c1-11(2,19-4)7-17-10-6-8(12(13,14)15)5-9(16-3)18-10/h5-6H,7H2,1-4H3,(H2,16,17,18). The second-order valence-electron chi connectivity index (χ2n) is 4.69. The Balaban J connectivity index is 2.95. The van der Waals surface area contributed by atoms with E-state index in [0.29, 0.717) is 6.54 Å². The number of alkyl halides is 3. The minimum atomic E-state index is -4.40. The molecule has 0 unspecified atom stereocenters. The lowest BCUT2D eigenvalue weighted by Crippen LogP contribution is -2.32. The normalized spacial score (nSPS) is 12.4. The molecule has 2 N–H and O–H groups in total. The number of ether oxygens (including phenoxy) is 1. The SMILES string of the molecule is CNc1cc(C(F)(F)F)cc(NCC(C)(C)OC)n1. The van der Waals surface area contributed by atoms with Crippen LogP contribution < -0.4 is 10.6 Å². The number of hydrogen-bond acceptors (Lipinski definition) is 4. The summed E-state index contributed by atoms with van der Waals surface area (Å²) in [5.74, 6) is 0.317. The molecule has 0 bridgehead atoms. The molecule has 1 rings (SSSR count). The summed E-state index contributed by atoms with van der Waals surface area (Å²) in [6, 6.07) is 1.94. The molecule has 1 heterocycles. The molecule has 1 aromatic rings. The van der Waals surface area contributed by atoms with Crippen LogP contribution in [0.3, 0.4) is 0 Å². The molecule has 1 aromatic heterocycles. The van der Waals surface area contributed by atoms with E-state index in [4.69, 9.17) is 4.74 Å². The van der Waals surface area contributed by atoms with Crippen molar-refractivity contribution in [3.05, 3.63) is 17.7 Å². The van der Waals surface area contributed by atoms with Crippen LogP contribution >= 0.6 is 0 Å². The first-order chi connectivity index (χ1) is 8.68. The van der Waals surface area contributed by atoms with Crippen molar-refractivity contribution in [2.24, 2.45) is 0 Å². The molecule has 0 fully saturated rings. The van der Waals surface area contributed by atoms with E-state index in [0.717, 1.165) is 12.1 Å².